The third-order valence-corrected chi connectivity index (χ3v) is 5.59. The van der Waals surface area contributed by atoms with Gasteiger partial charge in [-0.25, -0.2) is 0 Å². The van der Waals surface area contributed by atoms with Crippen LogP contribution in [0.15, 0.2) is 0 Å². The van der Waals surface area contributed by atoms with Crippen molar-refractivity contribution in [3.05, 3.63) is 0 Å². The molecule has 0 amide bonds. The van der Waals surface area contributed by atoms with E-state index in [4.69, 9.17) is 14.2 Å². The molecule has 2 saturated heterocycles. The fourth-order valence-corrected chi connectivity index (χ4v) is 3.87. The first-order chi connectivity index (χ1) is 10.5. The molecule has 0 aromatic rings. The number of hydrogen-bond acceptors (Lipinski definition) is 4. The maximum Gasteiger partial charge on any atom is 0.308 e. The molecule has 7 atom stereocenters. The van der Waals surface area contributed by atoms with Crippen LogP contribution >= 0.6 is 0 Å². The molecule has 4 heteroatoms. The van der Waals surface area contributed by atoms with Gasteiger partial charge in [0.15, 0.2) is 0 Å². The highest BCUT2D eigenvalue weighted by atomic mass is 16.6. The molecule has 0 N–H and O–H groups in total. The number of esters is 1. The Balaban J connectivity index is 1.96. The van der Waals surface area contributed by atoms with Gasteiger partial charge >= 0.3 is 5.97 Å². The van der Waals surface area contributed by atoms with Crippen LogP contribution in [-0.4, -0.2) is 37.0 Å². The average Bonchev–Trinajstić information content (AvgIpc) is 2.50. The SMILES string of the molecule is CCOC(=O)C[C@H]1CC[C@@H]2O[C@@H](C(C)CC)[C@@H](C)[C@@H](C)[C@H]2O1. The molecule has 0 aliphatic carbocycles. The largest absolute Gasteiger partial charge is 0.466 e. The molecule has 1 unspecified atom stereocenters. The van der Waals surface area contributed by atoms with E-state index in [0.29, 0.717) is 36.9 Å². The van der Waals surface area contributed by atoms with Crippen molar-refractivity contribution < 1.29 is 19.0 Å². The molecule has 2 rings (SSSR count). The smallest absolute Gasteiger partial charge is 0.308 e. The van der Waals surface area contributed by atoms with Crippen LogP contribution in [-0.2, 0) is 19.0 Å². The lowest BCUT2D eigenvalue weighted by Crippen LogP contribution is -2.55. The lowest BCUT2D eigenvalue weighted by Gasteiger charge is -2.50. The summed E-state index contributed by atoms with van der Waals surface area (Å²) in [5.74, 6) is 1.37. The molecule has 0 aromatic heterocycles. The first-order valence-corrected chi connectivity index (χ1v) is 8.94. The van der Waals surface area contributed by atoms with Crippen molar-refractivity contribution in [2.45, 2.75) is 84.7 Å². The minimum Gasteiger partial charge on any atom is -0.466 e. The van der Waals surface area contributed by atoms with Gasteiger partial charge in [-0.15, -0.1) is 0 Å². The Morgan fingerprint density at radius 1 is 1.18 bits per heavy atom. The van der Waals surface area contributed by atoms with Gasteiger partial charge in [-0.2, -0.15) is 0 Å². The fraction of sp³-hybridized carbons (Fsp3) is 0.944. The monoisotopic (exact) mass is 312 g/mol. The van der Waals surface area contributed by atoms with Crippen molar-refractivity contribution in [2.75, 3.05) is 6.61 Å². The minimum absolute atomic E-state index is 0.0151. The first kappa shape index (κ1) is 17.7. The van der Waals surface area contributed by atoms with Gasteiger partial charge in [0.2, 0.25) is 0 Å². The Kier molecular flexibility index (Phi) is 6.27. The summed E-state index contributed by atoms with van der Waals surface area (Å²) >= 11 is 0. The molecule has 22 heavy (non-hydrogen) atoms. The Bertz CT molecular complexity index is 368. The average molecular weight is 312 g/mol. The van der Waals surface area contributed by atoms with E-state index in [9.17, 15) is 4.79 Å². The van der Waals surface area contributed by atoms with E-state index in [1.165, 1.54) is 0 Å². The van der Waals surface area contributed by atoms with Crippen LogP contribution in [0, 0.1) is 17.8 Å². The van der Waals surface area contributed by atoms with Gasteiger partial charge in [0, 0.05) is 0 Å². The van der Waals surface area contributed by atoms with E-state index in [1.54, 1.807) is 0 Å². The molecular formula is C18H32O4. The van der Waals surface area contributed by atoms with Crippen LogP contribution in [0.5, 0.6) is 0 Å². The van der Waals surface area contributed by atoms with Gasteiger partial charge < -0.3 is 14.2 Å². The molecule has 0 radical (unpaired) electrons. The summed E-state index contributed by atoms with van der Waals surface area (Å²) in [4.78, 5) is 11.7. The summed E-state index contributed by atoms with van der Waals surface area (Å²) in [6.07, 6.45) is 3.99. The number of carbonyl (C=O) groups is 1. The third kappa shape index (κ3) is 3.83. The summed E-state index contributed by atoms with van der Waals surface area (Å²) < 4.78 is 17.7. The van der Waals surface area contributed by atoms with Crippen molar-refractivity contribution in [3.8, 4) is 0 Å². The van der Waals surface area contributed by atoms with E-state index in [1.807, 2.05) is 6.92 Å². The zero-order valence-electron chi connectivity index (χ0n) is 14.7. The molecule has 2 fully saturated rings. The molecule has 4 nitrogen and oxygen atoms in total. The molecule has 2 aliphatic rings. The van der Waals surface area contributed by atoms with Crippen molar-refractivity contribution in [2.24, 2.45) is 17.8 Å². The number of ether oxygens (including phenoxy) is 3. The Morgan fingerprint density at radius 3 is 2.55 bits per heavy atom. The number of carbonyl (C=O) groups excluding carboxylic acids is 1. The van der Waals surface area contributed by atoms with Gasteiger partial charge in [0.25, 0.3) is 0 Å². The highest BCUT2D eigenvalue weighted by Gasteiger charge is 2.46. The van der Waals surface area contributed by atoms with Crippen LogP contribution in [0.1, 0.15) is 60.3 Å². The third-order valence-electron chi connectivity index (χ3n) is 5.59. The van der Waals surface area contributed by atoms with E-state index >= 15 is 0 Å². The highest BCUT2D eigenvalue weighted by Crippen LogP contribution is 2.41. The van der Waals surface area contributed by atoms with Crippen LogP contribution < -0.4 is 0 Å². The van der Waals surface area contributed by atoms with Crippen LogP contribution in [0.25, 0.3) is 0 Å². The first-order valence-electron chi connectivity index (χ1n) is 8.94. The van der Waals surface area contributed by atoms with Gasteiger partial charge in [-0.1, -0.05) is 34.1 Å². The second-order valence-corrected chi connectivity index (χ2v) is 7.05. The van der Waals surface area contributed by atoms with Crippen LogP contribution in [0.2, 0.25) is 0 Å². The topological polar surface area (TPSA) is 44.8 Å². The summed E-state index contributed by atoms with van der Waals surface area (Å²) in [6, 6.07) is 0. The molecule has 0 bridgehead atoms. The van der Waals surface area contributed by atoms with Crippen LogP contribution in [0.3, 0.4) is 0 Å². The maximum absolute atomic E-state index is 11.7. The van der Waals surface area contributed by atoms with E-state index in [2.05, 4.69) is 27.7 Å². The zero-order chi connectivity index (χ0) is 16.3. The van der Waals surface area contributed by atoms with Gasteiger partial charge in [0.1, 0.15) is 0 Å². The quantitative estimate of drug-likeness (QED) is 0.728. The highest BCUT2D eigenvalue weighted by molar-refractivity contribution is 5.69. The zero-order valence-corrected chi connectivity index (χ0v) is 14.7. The second-order valence-electron chi connectivity index (χ2n) is 7.05. The lowest BCUT2D eigenvalue weighted by molar-refractivity contribution is -0.236. The molecule has 128 valence electrons. The predicted molar refractivity (Wildman–Crippen MR) is 85.6 cm³/mol. The standard InChI is InChI=1S/C18H32O4/c1-6-11(3)17-12(4)13(5)18-15(22-17)9-8-14(21-18)10-16(19)20-7-2/h11-15,17-18H,6-10H2,1-5H3/t11?,12-,13+,14+,15-,17-,18+/m0/s1. The van der Waals surface area contributed by atoms with E-state index in [0.717, 1.165) is 19.3 Å². The van der Waals surface area contributed by atoms with E-state index < -0.39 is 0 Å². The number of hydrogen-bond donors (Lipinski definition) is 0. The Morgan fingerprint density at radius 2 is 1.91 bits per heavy atom. The fourth-order valence-electron chi connectivity index (χ4n) is 3.87. The molecule has 0 spiro atoms. The molecule has 0 aromatic carbocycles. The van der Waals surface area contributed by atoms with Crippen molar-refractivity contribution >= 4 is 5.97 Å². The molecule has 2 heterocycles. The van der Waals surface area contributed by atoms with Gasteiger partial charge in [0.05, 0.1) is 37.4 Å². The van der Waals surface area contributed by atoms with Crippen molar-refractivity contribution in [1.29, 1.82) is 0 Å². The number of rotatable bonds is 5. The van der Waals surface area contributed by atoms with Gasteiger partial charge in [-0.05, 0) is 37.5 Å². The Labute approximate surface area is 134 Å². The predicted octanol–water partition coefficient (Wildman–Crippen LogP) is 3.57. The lowest BCUT2D eigenvalue weighted by atomic mass is 9.75. The van der Waals surface area contributed by atoms with E-state index in [-0.39, 0.29) is 24.3 Å². The summed E-state index contributed by atoms with van der Waals surface area (Å²) in [5.41, 5.74) is 0. The Hall–Kier alpha value is -0.610. The normalized spacial score (nSPS) is 39.9. The summed E-state index contributed by atoms with van der Waals surface area (Å²) in [5, 5.41) is 0. The molecular weight excluding hydrogens is 280 g/mol. The number of fused-ring (bicyclic) bond motifs is 1. The van der Waals surface area contributed by atoms with Crippen molar-refractivity contribution in [1.82, 2.24) is 0 Å². The summed E-state index contributed by atoms with van der Waals surface area (Å²) in [6.45, 7) is 11.3. The minimum atomic E-state index is -0.152. The maximum atomic E-state index is 11.7. The van der Waals surface area contributed by atoms with Crippen molar-refractivity contribution in [3.63, 3.8) is 0 Å². The van der Waals surface area contributed by atoms with Gasteiger partial charge in [-0.3, -0.25) is 4.79 Å². The summed E-state index contributed by atoms with van der Waals surface area (Å²) in [7, 11) is 0. The molecule has 2 aliphatic heterocycles. The second kappa shape index (κ2) is 7.78. The van der Waals surface area contributed by atoms with Crippen LogP contribution in [0.4, 0.5) is 0 Å². The molecule has 0 saturated carbocycles.